The molecule has 0 radical (unpaired) electrons. The Hall–Kier alpha value is -8.21. The Balaban J connectivity index is 0.000000217. The predicted octanol–water partition coefficient (Wildman–Crippen LogP) is 8.88. The zero-order valence-corrected chi connectivity index (χ0v) is 52.0. The van der Waals surface area contributed by atoms with E-state index in [1.807, 2.05) is 45.9 Å². The summed E-state index contributed by atoms with van der Waals surface area (Å²) in [7, 11) is 2.56. The average molecular weight is 1230 g/mol. The lowest BCUT2D eigenvalue weighted by Gasteiger charge is -2.15. The Morgan fingerprint density at radius 2 is 1.08 bits per heavy atom. The Morgan fingerprint density at radius 1 is 0.600 bits per heavy atom. The van der Waals surface area contributed by atoms with Crippen LogP contribution in [0.3, 0.4) is 0 Å². The highest BCUT2D eigenvalue weighted by atomic mass is 35.5. The zero-order chi connectivity index (χ0) is 61.8. The molecule has 0 atom stereocenters. The lowest BCUT2D eigenvalue weighted by molar-refractivity contribution is 0.0898. The molecular weight excluding hydrogens is 1150 g/mol. The number of aromatic amines is 2. The van der Waals surface area contributed by atoms with Crippen LogP contribution in [0.4, 0.5) is 17.8 Å². The van der Waals surface area contributed by atoms with Gasteiger partial charge in [0.25, 0.3) is 0 Å². The molecule has 0 bridgehead atoms. The van der Waals surface area contributed by atoms with Crippen molar-refractivity contribution in [2.24, 2.45) is 15.1 Å². The molecule has 9 aromatic rings. The molecule has 85 heavy (non-hydrogen) atoms. The number of nitrogens with one attached hydrogen (secondary N) is 3. The fourth-order valence-electron chi connectivity index (χ4n) is 7.72. The summed E-state index contributed by atoms with van der Waals surface area (Å²) in [6, 6.07) is 12.7. The van der Waals surface area contributed by atoms with Gasteiger partial charge in [0, 0.05) is 129 Å². The molecule has 28 nitrogen and oxygen atoms in total. The summed E-state index contributed by atoms with van der Waals surface area (Å²) in [5.74, 6) is 2.08. The molecule has 0 amide bonds. The van der Waals surface area contributed by atoms with Crippen LogP contribution in [0.15, 0.2) is 112 Å². The van der Waals surface area contributed by atoms with Crippen LogP contribution >= 0.6 is 11.8 Å². The molecule has 456 valence electrons. The SMILES string of the molecule is COCCO.COCCOc1ccnc2[nH]cc(-c3ccnc(N)n3)c12.COCCOc1ccnc2c1c(-c1ccnc(N)n1)cn2COCC[Si](C)(C)C.C[Si](C)(C)CCOCn1cc(-c2ccnc(N)n2)c2c(=O)cc[nH]c21.N=NN=NCl. The van der Waals surface area contributed by atoms with Gasteiger partial charge >= 0.3 is 0 Å². The molecule has 9 rings (SSSR count). The molecule has 10 N–H and O–H groups in total. The van der Waals surface area contributed by atoms with Crippen LogP contribution in [0.25, 0.3) is 66.9 Å². The van der Waals surface area contributed by atoms with Crippen LogP contribution in [0.2, 0.25) is 51.4 Å². The normalized spacial score (nSPS) is 11.3. The van der Waals surface area contributed by atoms with Crippen molar-refractivity contribution in [3.63, 3.8) is 0 Å². The van der Waals surface area contributed by atoms with Gasteiger partial charge in [-0.3, -0.25) is 4.79 Å². The number of nitrogens with zero attached hydrogens (tertiary/aromatic N) is 13. The van der Waals surface area contributed by atoms with Crippen molar-refractivity contribution in [1.82, 2.24) is 59.0 Å². The summed E-state index contributed by atoms with van der Waals surface area (Å²) in [5.41, 5.74) is 29.7. The van der Waals surface area contributed by atoms with E-state index in [0.717, 1.165) is 74.6 Å². The van der Waals surface area contributed by atoms with Crippen molar-refractivity contribution in [1.29, 1.82) is 5.53 Å². The second-order valence-electron chi connectivity index (χ2n) is 20.6. The summed E-state index contributed by atoms with van der Waals surface area (Å²) < 4.78 is 44.5. The van der Waals surface area contributed by atoms with E-state index in [9.17, 15) is 4.79 Å². The highest BCUT2D eigenvalue weighted by molar-refractivity contribution is 6.76. The second-order valence-corrected chi connectivity index (χ2v) is 32.0. The molecule has 0 fully saturated rings. The fourth-order valence-corrected chi connectivity index (χ4v) is 9.26. The molecule has 0 unspecified atom stereocenters. The van der Waals surface area contributed by atoms with E-state index in [1.54, 1.807) is 70.6 Å². The van der Waals surface area contributed by atoms with Crippen molar-refractivity contribution in [3.05, 3.63) is 102 Å². The molecule has 9 aromatic heterocycles. The maximum Gasteiger partial charge on any atom is 0.220 e. The number of rotatable bonds is 24. The maximum atomic E-state index is 12.4. The van der Waals surface area contributed by atoms with Crippen molar-refractivity contribution < 1.29 is 38.3 Å². The number of anilines is 3. The number of H-pyrrole nitrogens is 2. The van der Waals surface area contributed by atoms with E-state index >= 15 is 0 Å². The first-order valence-electron chi connectivity index (χ1n) is 26.6. The largest absolute Gasteiger partial charge is 0.490 e. The first-order valence-corrected chi connectivity index (χ1v) is 34.4. The number of nitrogens with two attached hydrogens (primary N) is 3. The van der Waals surface area contributed by atoms with Crippen LogP contribution in [0.5, 0.6) is 11.5 Å². The smallest absolute Gasteiger partial charge is 0.220 e. The van der Waals surface area contributed by atoms with Gasteiger partial charge in [0.2, 0.25) is 17.8 Å². The Labute approximate surface area is 498 Å². The highest BCUT2D eigenvalue weighted by Crippen LogP contribution is 2.36. The maximum absolute atomic E-state index is 12.4. The average Bonchev–Trinajstić information content (AvgIpc) is 3.07. The summed E-state index contributed by atoms with van der Waals surface area (Å²) in [6.07, 6.45) is 15.6. The van der Waals surface area contributed by atoms with E-state index in [4.69, 9.17) is 56.3 Å². The molecule has 9 heterocycles. The molecule has 31 heteroatoms. The number of fused-ring (bicyclic) bond motifs is 3. The van der Waals surface area contributed by atoms with Gasteiger partial charge in [-0.05, 0) is 52.9 Å². The number of aromatic nitrogens is 12. The molecule has 0 spiro atoms. The first-order chi connectivity index (χ1) is 40.9. The third kappa shape index (κ3) is 21.4. The summed E-state index contributed by atoms with van der Waals surface area (Å²) in [6.45, 7) is 18.7. The number of aliphatic hydroxyl groups excluding tert-OH is 1. The van der Waals surface area contributed by atoms with Gasteiger partial charge in [-0.1, -0.05) is 43.9 Å². The van der Waals surface area contributed by atoms with Crippen molar-refractivity contribution >= 4 is 78.9 Å². The highest BCUT2D eigenvalue weighted by Gasteiger charge is 2.20. The Bertz CT molecular complexity index is 3570. The van der Waals surface area contributed by atoms with E-state index in [2.05, 4.69) is 121 Å². The third-order valence-electron chi connectivity index (χ3n) is 11.8. The van der Waals surface area contributed by atoms with Crippen molar-refractivity contribution in [3.8, 4) is 45.3 Å². The number of hydrogen-bond acceptors (Lipinski definition) is 22. The zero-order valence-electron chi connectivity index (χ0n) is 49.3. The monoisotopic (exact) mass is 1230 g/mol. The molecule has 0 aliphatic rings. The van der Waals surface area contributed by atoms with Crippen LogP contribution < -0.4 is 32.1 Å². The van der Waals surface area contributed by atoms with Crippen LogP contribution in [0.1, 0.15) is 0 Å². The number of ether oxygens (including phenoxy) is 7. The van der Waals surface area contributed by atoms with E-state index in [1.165, 1.54) is 6.07 Å². The van der Waals surface area contributed by atoms with Crippen LogP contribution in [0, 0.1) is 5.53 Å². The van der Waals surface area contributed by atoms with Gasteiger partial charge in [0.05, 0.1) is 71.4 Å². The van der Waals surface area contributed by atoms with Crippen LogP contribution in [-0.2, 0) is 37.1 Å². The number of hydrogen-bond donors (Lipinski definition) is 7. The van der Waals surface area contributed by atoms with E-state index in [-0.39, 0.29) is 29.9 Å². The van der Waals surface area contributed by atoms with Crippen LogP contribution in [-0.4, -0.2) is 154 Å². The summed E-state index contributed by atoms with van der Waals surface area (Å²) >= 11 is 4.55. The minimum absolute atomic E-state index is 0.0678. The molecule has 0 saturated heterocycles. The minimum atomic E-state index is -1.14. The Morgan fingerprint density at radius 3 is 1.55 bits per heavy atom. The first kappa shape index (κ1) is 67.6. The number of aliphatic hydroxyl groups is 1. The lowest BCUT2D eigenvalue weighted by Crippen LogP contribution is -2.22. The minimum Gasteiger partial charge on any atom is -0.490 e. The van der Waals surface area contributed by atoms with Gasteiger partial charge in [-0.15, -0.1) is 0 Å². The van der Waals surface area contributed by atoms with Crippen molar-refractivity contribution in [2.45, 2.75) is 64.8 Å². The van der Waals surface area contributed by atoms with E-state index < -0.39 is 16.1 Å². The van der Waals surface area contributed by atoms with Gasteiger partial charge in [0.1, 0.15) is 55.1 Å². The topological polar surface area (TPSA) is 385 Å². The third-order valence-corrected chi connectivity index (χ3v) is 15.3. The van der Waals surface area contributed by atoms with Gasteiger partial charge < -0.3 is 74.6 Å². The molecule has 0 aliphatic carbocycles. The standard InChI is InChI=1S/C20H29N5O3Si.C17H23N5O2Si.C14H15N5O2.C3H8O2.ClHN4/c1-26-9-10-28-17-6-8-22-19-18(17)15(16-5-7-23-20(21)24-16)13-25(19)14-27-11-12-29(2,3)4;1-25(2,3)9-8-24-11-22-10-12(13-4-6-20-17(18)21-13)15-14(23)5-7-19-16(15)22;1-20-6-7-21-11-3-5-16-13-12(11)9(8-18-13)10-2-4-17-14(15)19-10;1-5-3-2-4;1-3-5-4-2/h5-8,13H,9-12,14H2,1-4H3,(H2,21,23,24);4-7,10H,8-9,11H2,1-3H3,(H,19,23)(H2,18,20,21);2-5,8H,6-7H2,1H3,(H,16,18)(H2,15,17,19);4H,2-3H2,1H3;2H. The number of pyridine rings is 3. The second kappa shape index (κ2) is 34.5. The quantitative estimate of drug-likeness (QED) is 0.0128. The number of nitrogen functional groups attached to an aromatic ring is 3. The molecule has 0 aromatic carbocycles. The fraction of sp³-hybridized carbons (Fsp3) is 0.389. The lowest BCUT2D eigenvalue weighted by atomic mass is 10.1. The van der Waals surface area contributed by atoms with Gasteiger partial charge in [-0.2, -0.15) is 5.53 Å². The predicted molar refractivity (Wildman–Crippen MR) is 332 cm³/mol. The van der Waals surface area contributed by atoms with Gasteiger partial charge in [-0.25, -0.2) is 39.9 Å². The van der Waals surface area contributed by atoms with Crippen molar-refractivity contribution in [2.75, 3.05) is 91.4 Å². The summed E-state index contributed by atoms with van der Waals surface area (Å²) in [5, 5.41) is 15.3. The molecule has 0 saturated carbocycles. The summed E-state index contributed by atoms with van der Waals surface area (Å²) in [4.78, 5) is 52.2. The number of methoxy groups -OCH3 is 3. The molecule has 0 aliphatic heterocycles. The van der Waals surface area contributed by atoms with E-state index in [0.29, 0.717) is 75.5 Å². The molecular formula is C54H76ClN19O9Si2. The number of halogens is 1. The Kier molecular flexibility index (Phi) is 27.5. The van der Waals surface area contributed by atoms with Gasteiger partial charge in [0.15, 0.2) is 5.43 Å².